The van der Waals surface area contributed by atoms with Gasteiger partial charge in [0.2, 0.25) is 0 Å². The van der Waals surface area contributed by atoms with Crippen LogP contribution in [0.25, 0.3) is 6.08 Å². The zero-order chi connectivity index (χ0) is 11.5. The van der Waals surface area contributed by atoms with Gasteiger partial charge in [-0.1, -0.05) is 28.1 Å². The highest BCUT2D eigenvalue weighted by molar-refractivity contribution is 9.10. The highest BCUT2D eigenvalue weighted by Crippen LogP contribution is 2.35. The number of benzene rings is 1. The first-order valence-corrected chi connectivity index (χ1v) is 4.73. The van der Waals surface area contributed by atoms with Crippen molar-refractivity contribution in [3.8, 4) is 0 Å². The number of carbonyl (C=O) groups excluding carboxylic acids is 1. The Bertz CT molecular complexity index is 396. The van der Waals surface area contributed by atoms with Gasteiger partial charge in [-0.05, 0) is 23.8 Å². The fraction of sp³-hybridized carbons (Fsp3) is 0.100. The summed E-state index contributed by atoms with van der Waals surface area (Å²) in [6.07, 6.45) is -1.43. The SMILES string of the molecule is O=C/C=C/c1ccc(Br)c(C(F)(F)F)c1. The Hall–Kier alpha value is -1.10. The Balaban J connectivity index is 3.17. The molecule has 1 aromatic rings. The van der Waals surface area contributed by atoms with Crippen LogP contribution in [0.1, 0.15) is 11.1 Å². The van der Waals surface area contributed by atoms with Crippen LogP contribution in [0.3, 0.4) is 0 Å². The molecule has 0 bridgehead atoms. The highest BCUT2D eigenvalue weighted by atomic mass is 79.9. The molecule has 80 valence electrons. The molecular weight excluding hydrogens is 273 g/mol. The quantitative estimate of drug-likeness (QED) is 0.596. The zero-order valence-corrected chi connectivity index (χ0v) is 8.97. The Kier molecular flexibility index (Phi) is 3.68. The molecule has 0 fully saturated rings. The standard InChI is InChI=1S/C10H6BrF3O/c11-9-4-3-7(2-1-5-15)6-8(9)10(12,13)14/h1-6H/b2-1+. The monoisotopic (exact) mass is 278 g/mol. The van der Waals surface area contributed by atoms with E-state index in [2.05, 4.69) is 15.9 Å². The highest BCUT2D eigenvalue weighted by Gasteiger charge is 2.32. The van der Waals surface area contributed by atoms with Crippen molar-refractivity contribution >= 4 is 28.3 Å². The summed E-state index contributed by atoms with van der Waals surface area (Å²) in [6.45, 7) is 0. The van der Waals surface area contributed by atoms with Crippen molar-refractivity contribution in [1.29, 1.82) is 0 Å². The molecule has 15 heavy (non-hydrogen) atoms. The molecule has 0 aliphatic heterocycles. The summed E-state index contributed by atoms with van der Waals surface area (Å²) >= 11 is 2.82. The number of halogens is 4. The van der Waals surface area contributed by atoms with E-state index in [-0.39, 0.29) is 4.47 Å². The summed E-state index contributed by atoms with van der Waals surface area (Å²) in [5, 5.41) is 0. The van der Waals surface area contributed by atoms with Gasteiger partial charge in [0.05, 0.1) is 5.56 Å². The largest absolute Gasteiger partial charge is 0.417 e. The topological polar surface area (TPSA) is 17.1 Å². The lowest BCUT2D eigenvalue weighted by molar-refractivity contribution is -0.138. The van der Waals surface area contributed by atoms with Crippen molar-refractivity contribution in [3.05, 3.63) is 39.9 Å². The van der Waals surface area contributed by atoms with Gasteiger partial charge in [0.15, 0.2) is 0 Å². The van der Waals surface area contributed by atoms with Crippen molar-refractivity contribution in [3.63, 3.8) is 0 Å². The van der Waals surface area contributed by atoms with Crippen molar-refractivity contribution < 1.29 is 18.0 Å². The molecule has 5 heteroatoms. The van der Waals surface area contributed by atoms with E-state index >= 15 is 0 Å². The second-order valence-corrected chi connectivity index (χ2v) is 3.59. The summed E-state index contributed by atoms with van der Waals surface area (Å²) in [6, 6.07) is 3.76. The molecular formula is C10H6BrF3O. The van der Waals surface area contributed by atoms with E-state index in [0.29, 0.717) is 11.8 Å². The van der Waals surface area contributed by atoms with Gasteiger partial charge in [-0.3, -0.25) is 4.79 Å². The van der Waals surface area contributed by atoms with E-state index in [1.54, 1.807) is 0 Å². The first kappa shape index (κ1) is 12.0. The number of carbonyl (C=O) groups is 1. The van der Waals surface area contributed by atoms with E-state index < -0.39 is 11.7 Å². The number of allylic oxidation sites excluding steroid dienone is 1. The second-order valence-electron chi connectivity index (χ2n) is 2.73. The van der Waals surface area contributed by atoms with Gasteiger partial charge in [0.1, 0.15) is 6.29 Å². The predicted octanol–water partition coefficient (Wildman–Crippen LogP) is 3.68. The Morgan fingerprint density at radius 1 is 1.27 bits per heavy atom. The molecule has 1 rings (SSSR count). The van der Waals surface area contributed by atoms with Gasteiger partial charge in [-0.2, -0.15) is 13.2 Å². The Morgan fingerprint density at radius 2 is 1.93 bits per heavy atom. The molecule has 1 aromatic carbocycles. The van der Waals surface area contributed by atoms with E-state index in [1.807, 2.05) is 0 Å². The number of alkyl halides is 3. The van der Waals surface area contributed by atoms with Crippen molar-refractivity contribution in [2.24, 2.45) is 0 Å². The van der Waals surface area contributed by atoms with Crippen LogP contribution in [-0.4, -0.2) is 6.29 Å². The molecule has 0 N–H and O–H groups in total. The number of hydrogen-bond acceptors (Lipinski definition) is 1. The molecule has 0 aliphatic rings. The van der Waals surface area contributed by atoms with Crippen LogP contribution >= 0.6 is 15.9 Å². The van der Waals surface area contributed by atoms with E-state index in [1.165, 1.54) is 18.2 Å². The van der Waals surface area contributed by atoms with Gasteiger partial charge in [0, 0.05) is 4.47 Å². The lowest BCUT2D eigenvalue weighted by Crippen LogP contribution is -2.06. The fourth-order valence-electron chi connectivity index (χ4n) is 1.01. The van der Waals surface area contributed by atoms with Gasteiger partial charge in [-0.25, -0.2) is 0 Å². The summed E-state index contributed by atoms with van der Waals surface area (Å²) in [5.74, 6) is 0. The third kappa shape index (κ3) is 3.20. The van der Waals surface area contributed by atoms with Crippen LogP contribution in [0.2, 0.25) is 0 Å². The van der Waals surface area contributed by atoms with Crippen molar-refractivity contribution in [1.82, 2.24) is 0 Å². The maximum Gasteiger partial charge on any atom is 0.417 e. The maximum atomic E-state index is 12.4. The number of rotatable bonds is 2. The zero-order valence-electron chi connectivity index (χ0n) is 7.38. The van der Waals surface area contributed by atoms with E-state index in [0.717, 1.165) is 12.1 Å². The average molecular weight is 279 g/mol. The lowest BCUT2D eigenvalue weighted by atomic mass is 10.1. The molecule has 0 aliphatic carbocycles. The first-order valence-electron chi connectivity index (χ1n) is 3.94. The van der Waals surface area contributed by atoms with Crippen LogP contribution in [0.4, 0.5) is 13.2 Å². The minimum absolute atomic E-state index is 0.0155. The second kappa shape index (κ2) is 4.61. The maximum absolute atomic E-state index is 12.4. The predicted molar refractivity (Wildman–Crippen MR) is 54.2 cm³/mol. The molecule has 0 amide bonds. The lowest BCUT2D eigenvalue weighted by Gasteiger charge is -2.09. The Morgan fingerprint density at radius 3 is 2.47 bits per heavy atom. The molecule has 0 radical (unpaired) electrons. The smallest absolute Gasteiger partial charge is 0.299 e. The fourth-order valence-corrected chi connectivity index (χ4v) is 1.49. The van der Waals surface area contributed by atoms with Gasteiger partial charge >= 0.3 is 6.18 Å². The summed E-state index contributed by atoms with van der Waals surface area (Å²) in [5.41, 5.74) is -0.423. The Labute approximate surface area is 92.7 Å². The molecule has 0 aromatic heterocycles. The summed E-state index contributed by atoms with van der Waals surface area (Å²) in [7, 11) is 0. The van der Waals surface area contributed by atoms with Gasteiger partial charge in [-0.15, -0.1) is 0 Å². The molecule has 1 nitrogen and oxygen atoms in total. The first-order chi connectivity index (χ1) is 6.95. The third-order valence-corrected chi connectivity index (χ3v) is 2.35. The molecule has 0 heterocycles. The van der Waals surface area contributed by atoms with E-state index in [4.69, 9.17) is 0 Å². The van der Waals surface area contributed by atoms with E-state index in [9.17, 15) is 18.0 Å². The van der Waals surface area contributed by atoms with Gasteiger partial charge in [0.25, 0.3) is 0 Å². The minimum atomic E-state index is -4.40. The molecule has 0 atom stereocenters. The number of aldehydes is 1. The van der Waals surface area contributed by atoms with Crippen LogP contribution < -0.4 is 0 Å². The van der Waals surface area contributed by atoms with Crippen molar-refractivity contribution in [2.45, 2.75) is 6.18 Å². The summed E-state index contributed by atoms with van der Waals surface area (Å²) in [4.78, 5) is 10.0. The molecule has 0 spiro atoms. The average Bonchev–Trinajstić information content (AvgIpc) is 2.15. The van der Waals surface area contributed by atoms with Gasteiger partial charge < -0.3 is 0 Å². The van der Waals surface area contributed by atoms with Crippen molar-refractivity contribution in [2.75, 3.05) is 0 Å². The van der Waals surface area contributed by atoms with Crippen LogP contribution in [0.15, 0.2) is 28.7 Å². The number of hydrogen-bond donors (Lipinski definition) is 0. The van der Waals surface area contributed by atoms with Crippen LogP contribution in [-0.2, 0) is 11.0 Å². The summed E-state index contributed by atoms with van der Waals surface area (Å²) < 4.78 is 37.3. The van der Waals surface area contributed by atoms with Crippen LogP contribution in [0, 0.1) is 0 Å². The third-order valence-electron chi connectivity index (χ3n) is 1.66. The normalized spacial score (nSPS) is 12.0. The molecule has 0 saturated carbocycles. The van der Waals surface area contributed by atoms with Crippen LogP contribution in [0.5, 0.6) is 0 Å². The molecule has 0 saturated heterocycles. The minimum Gasteiger partial charge on any atom is -0.299 e. The molecule has 0 unspecified atom stereocenters.